The molecule has 1 aliphatic heterocycles. The van der Waals surface area contributed by atoms with E-state index in [9.17, 15) is 9.59 Å². The first-order chi connectivity index (χ1) is 10.2. The third-order valence-electron chi connectivity index (χ3n) is 3.23. The van der Waals surface area contributed by atoms with Gasteiger partial charge in [-0.05, 0) is 36.4 Å². The van der Waals surface area contributed by atoms with Crippen LogP contribution in [0.1, 0.15) is 10.4 Å². The summed E-state index contributed by atoms with van der Waals surface area (Å²) in [5, 5.41) is 2.81. The van der Waals surface area contributed by atoms with E-state index < -0.39 is 0 Å². The Hall–Kier alpha value is -2.82. The third-order valence-corrected chi connectivity index (χ3v) is 3.23. The molecule has 0 unspecified atom stereocenters. The molecule has 21 heavy (non-hydrogen) atoms. The van der Waals surface area contributed by atoms with Gasteiger partial charge in [-0.2, -0.15) is 0 Å². The van der Waals surface area contributed by atoms with Crippen molar-refractivity contribution >= 4 is 23.4 Å². The zero-order chi connectivity index (χ0) is 14.7. The third kappa shape index (κ3) is 2.86. The summed E-state index contributed by atoms with van der Waals surface area (Å²) in [4.78, 5) is 25.1. The lowest BCUT2D eigenvalue weighted by molar-refractivity contribution is 0.102. The summed E-state index contributed by atoms with van der Waals surface area (Å²) in [6.45, 7) is 0.934. The summed E-state index contributed by atoms with van der Waals surface area (Å²) in [7, 11) is 0. The quantitative estimate of drug-likeness (QED) is 0.941. The lowest BCUT2D eigenvalue weighted by Gasteiger charge is -2.13. The van der Waals surface area contributed by atoms with Crippen molar-refractivity contribution in [3.8, 4) is 0 Å². The fraction of sp³-hybridized carbons (Fsp3) is 0.125. The van der Waals surface area contributed by atoms with Crippen LogP contribution in [0, 0.1) is 0 Å². The summed E-state index contributed by atoms with van der Waals surface area (Å²) < 4.78 is 4.88. The number of hydrogen-bond acceptors (Lipinski definition) is 3. The number of nitrogens with one attached hydrogen (secondary N) is 1. The molecule has 1 N–H and O–H groups in total. The lowest BCUT2D eigenvalue weighted by Crippen LogP contribution is -2.23. The number of amides is 2. The molecule has 0 spiro atoms. The SMILES string of the molecule is O=C(Nc1ccccc1)c1ccc(N2CCOC2=O)cc1. The van der Waals surface area contributed by atoms with Crippen LogP contribution in [-0.2, 0) is 4.74 Å². The van der Waals surface area contributed by atoms with Gasteiger partial charge in [0.25, 0.3) is 5.91 Å². The zero-order valence-corrected chi connectivity index (χ0v) is 11.3. The van der Waals surface area contributed by atoms with Crippen LogP contribution >= 0.6 is 0 Å². The smallest absolute Gasteiger partial charge is 0.414 e. The van der Waals surface area contributed by atoms with Gasteiger partial charge in [0.2, 0.25) is 0 Å². The summed E-state index contributed by atoms with van der Waals surface area (Å²) in [6, 6.07) is 16.1. The van der Waals surface area contributed by atoms with E-state index in [1.807, 2.05) is 30.3 Å². The van der Waals surface area contributed by atoms with Crippen molar-refractivity contribution in [3.63, 3.8) is 0 Å². The van der Waals surface area contributed by atoms with Crippen molar-refractivity contribution in [1.29, 1.82) is 0 Å². The van der Waals surface area contributed by atoms with E-state index in [0.717, 1.165) is 11.4 Å². The number of rotatable bonds is 3. The first kappa shape index (κ1) is 13.2. The van der Waals surface area contributed by atoms with Crippen LogP contribution < -0.4 is 10.2 Å². The molecule has 5 nitrogen and oxygen atoms in total. The number of nitrogens with zero attached hydrogens (tertiary/aromatic N) is 1. The molecule has 0 atom stereocenters. The molecule has 0 saturated carbocycles. The number of ether oxygens (including phenoxy) is 1. The lowest BCUT2D eigenvalue weighted by atomic mass is 10.2. The van der Waals surface area contributed by atoms with Crippen LogP contribution in [0.15, 0.2) is 54.6 Å². The van der Waals surface area contributed by atoms with Crippen molar-refractivity contribution < 1.29 is 14.3 Å². The summed E-state index contributed by atoms with van der Waals surface area (Å²) in [6.07, 6.45) is -0.350. The van der Waals surface area contributed by atoms with Crippen molar-refractivity contribution in [2.24, 2.45) is 0 Å². The standard InChI is InChI=1S/C16H14N2O3/c19-15(17-13-4-2-1-3-5-13)12-6-8-14(9-7-12)18-10-11-21-16(18)20/h1-9H,10-11H2,(H,17,19). The number of hydrogen-bond donors (Lipinski definition) is 1. The van der Waals surface area contributed by atoms with E-state index in [-0.39, 0.29) is 12.0 Å². The highest BCUT2D eigenvalue weighted by atomic mass is 16.6. The van der Waals surface area contributed by atoms with Gasteiger partial charge in [-0.15, -0.1) is 0 Å². The van der Waals surface area contributed by atoms with Crippen LogP contribution in [-0.4, -0.2) is 25.2 Å². The highest BCUT2D eigenvalue weighted by Gasteiger charge is 2.23. The second-order valence-corrected chi connectivity index (χ2v) is 4.63. The second-order valence-electron chi connectivity index (χ2n) is 4.63. The van der Waals surface area contributed by atoms with Crippen LogP contribution in [0.2, 0.25) is 0 Å². The number of carbonyl (C=O) groups is 2. The maximum absolute atomic E-state index is 12.1. The van der Waals surface area contributed by atoms with Gasteiger partial charge in [-0.1, -0.05) is 18.2 Å². The largest absolute Gasteiger partial charge is 0.447 e. The Bertz CT molecular complexity index is 653. The number of anilines is 2. The molecule has 5 heteroatoms. The first-order valence-corrected chi connectivity index (χ1v) is 6.65. The summed E-state index contributed by atoms with van der Waals surface area (Å²) in [5.74, 6) is -0.184. The zero-order valence-electron chi connectivity index (χ0n) is 11.3. The van der Waals surface area contributed by atoms with Gasteiger partial charge in [0.1, 0.15) is 6.61 Å². The first-order valence-electron chi connectivity index (χ1n) is 6.65. The predicted octanol–water partition coefficient (Wildman–Crippen LogP) is 2.90. The fourth-order valence-electron chi connectivity index (χ4n) is 2.15. The number of carbonyl (C=O) groups excluding carboxylic acids is 2. The molecule has 3 rings (SSSR count). The predicted molar refractivity (Wildman–Crippen MR) is 79.5 cm³/mol. The van der Waals surface area contributed by atoms with Gasteiger partial charge in [0.05, 0.1) is 6.54 Å². The molecule has 0 bridgehead atoms. The van der Waals surface area contributed by atoms with Crippen LogP contribution in [0.4, 0.5) is 16.2 Å². The van der Waals surface area contributed by atoms with Crippen LogP contribution in [0.3, 0.4) is 0 Å². The van der Waals surface area contributed by atoms with E-state index in [1.54, 1.807) is 29.2 Å². The molecule has 2 aromatic rings. The molecule has 106 valence electrons. The Morgan fingerprint density at radius 2 is 1.76 bits per heavy atom. The van der Waals surface area contributed by atoms with Crippen LogP contribution in [0.25, 0.3) is 0 Å². The van der Waals surface area contributed by atoms with E-state index in [2.05, 4.69) is 5.32 Å². The Labute approximate surface area is 122 Å². The molecule has 1 fully saturated rings. The highest BCUT2D eigenvalue weighted by Crippen LogP contribution is 2.19. The van der Waals surface area contributed by atoms with E-state index in [0.29, 0.717) is 18.7 Å². The van der Waals surface area contributed by atoms with Crippen molar-refractivity contribution in [3.05, 3.63) is 60.2 Å². The second kappa shape index (κ2) is 5.66. The maximum Gasteiger partial charge on any atom is 0.414 e. The number of cyclic esters (lactones) is 1. The van der Waals surface area contributed by atoms with Crippen LogP contribution in [0.5, 0.6) is 0 Å². The normalized spacial score (nSPS) is 13.9. The van der Waals surface area contributed by atoms with Crippen molar-refractivity contribution in [1.82, 2.24) is 0 Å². The maximum atomic E-state index is 12.1. The average Bonchev–Trinajstić information content (AvgIpc) is 2.94. The molecule has 2 aromatic carbocycles. The van der Waals surface area contributed by atoms with E-state index in [4.69, 9.17) is 4.74 Å². The number of benzene rings is 2. The minimum Gasteiger partial charge on any atom is -0.447 e. The van der Waals surface area contributed by atoms with Gasteiger partial charge in [0.15, 0.2) is 0 Å². The monoisotopic (exact) mass is 282 g/mol. The molecule has 2 amide bonds. The topological polar surface area (TPSA) is 58.6 Å². The minimum atomic E-state index is -0.350. The Balaban J connectivity index is 1.72. The fourth-order valence-corrected chi connectivity index (χ4v) is 2.15. The van der Waals surface area contributed by atoms with Gasteiger partial charge in [-0.3, -0.25) is 9.69 Å². The average molecular weight is 282 g/mol. The highest BCUT2D eigenvalue weighted by molar-refractivity contribution is 6.04. The molecule has 0 aromatic heterocycles. The number of para-hydroxylation sites is 1. The molecule has 1 saturated heterocycles. The van der Waals surface area contributed by atoms with Gasteiger partial charge in [0, 0.05) is 16.9 Å². The Morgan fingerprint density at radius 3 is 2.38 bits per heavy atom. The molecule has 0 aliphatic carbocycles. The van der Waals surface area contributed by atoms with Crippen molar-refractivity contribution in [2.45, 2.75) is 0 Å². The van der Waals surface area contributed by atoms with E-state index in [1.165, 1.54) is 0 Å². The van der Waals surface area contributed by atoms with Gasteiger partial charge >= 0.3 is 6.09 Å². The Kier molecular flexibility index (Phi) is 3.55. The van der Waals surface area contributed by atoms with E-state index >= 15 is 0 Å². The Morgan fingerprint density at radius 1 is 1.05 bits per heavy atom. The van der Waals surface area contributed by atoms with Gasteiger partial charge in [-0.25, -0.2) is 4.79 Å². The van der Waals surface area contributed by atoms with Gasteiger partial charge < -0.3 is 10.1 Å². The molecule has 1 aliphatic rings. The molecular weight excluding hydrogens is 268 g/mol. The summed E-state index contributed by atoms with van der Waals surface area (Å²) >= 11 is 0. The molecular formula is C16H14N2O3. The van der Waals surface area contributed by atoms with Crippen molar-refractivity contribution in [2.75, 3.05) is 23.4 Å². The minimum absolute atomic E-state index is 0.184. The molecule has 1 heterocycles. The molecule has 0 radical (unpaired) electrons. The summed E-state index contributed by atoms with van der Waals surface area (Å²) in [5.41, 5.74) is 2.01.